The fourth-order valence-electron chi connectivity index (χ4n) is 3.60. The van der Waals surface area contributed by atoms with E-state index < -0.39 is 5.91 Å². The largest absolute Gasteiger partial charge is 0.497 e. The van der Waals surface area contributed by atoms with Gasteiger partial charge in [0.25, 0.3) is 11.8 Å². The SMILES string of the molecule is CCc1ccc(N2C(=O)C(Nc3ccc(C)c(Cl)c3)=C(c3ccc(OC)cc3)C2=O)cc1. The van der Waals surface area contributed by atoms with E-state index in [2.05, 4.69) is 12.2 Å². The molecule has 0 unspecified atom stereocenters. The zero-order valence-electron chi connectivity index (χ0n) is 18.1. The van der Waals surface area contributed by atoms with Crippen molar-refractivity contribution < 1.29 is 14.3 Å². The van der Waals surface area contributed by atoms with E-state index in [0.717, 1.165) is 17.5 Å². The number of rotatable bonds is 6. The number of hydrogen-bond donors (Lipinski definition) is 1. The van der Waals surface area contributed by atoms with E-state index in [1.165, 1.54) is 4.90 Å². The van der Waals surface area contributed by atoms with Crippen molar-refractivity contribution in [2.45, 2.75) is 20.3 Å². The molecule has 0 saturated heterocycles. The van der Waals surface area contributed by atoms with E-state index in [-0.39, 0.29) is 11.6 Å². The highest BCUT2D eigenvalue weighted by atomic mass is 35.5. The van der Waals surface area contributed by atoms with E-state index in [4.69, 9.17) is 16.3 Å². The summed E-state index contributed by atoms with van der Waals surface area (Å²) < 4.78 is 5.23. The standard InChI is InChI=1S/C26H23ClN2O3/c1-4-17-6-11-20(12-7-17)29-25(30)23(18-8-13-21(32-3)14-9-18)24(26(29)31)28-19-10-5-16(2)22(27)15-19/h5-15,28H,4H2,1-3H3. The molecule has 0 aromatic heterocycles. The lowest BCUT2D eigenvalue weighted by Crippen LogP contribution is -2.32. The first kappa shape index (κ1) is 21.7. The average molecular weight is 447 g/mol. The minimum atomic E-state index is -0.415. The minimum absolute atomic E-state index is 0.208. The number of amides is 2. The number of imide groups is 1. The first-order chi connectivity index (χ1) is 15.4. The molecular weight excluding hydrogens is 424 g/mol. The second-order valence-corrected chi connectivity index (χ2v) is 7.94. The van der Waals surface area contributed by atoms with Crippen LogP contribution in [-0.2, 0) is 16.0 Å². The molecule has 6 heteroatoms. The van der Waals surface area contributed by atoms with Gasteiger partial charge < -0.3 is 10.1 Å². The predicted molar refractivity (Wildman–Crippen MR) is 128 cm³/mol. The van der Waals surface area contributed by atoms with Crippen LogP contribution in [-0.4, -0.2) is 18.9 Å². The van der Waals surface area contributed by atoms with Crippen molar-refractivity contribution in [3.05, 3.63) is 94.1 Å². The summed E-state index contributed by atoms with van der Waals surface area (Å²) >= 11 is 6.27. The van der Waals surface area contributed by atoms with Gasteiger partial charge in [0.2, 0.25) is 0 Å². The first-order valence-corrected chi connectivity index (χ1v) is 10.7. The maximum Gasteiger partial charge on any atom is 0.282 e. The van der Waals surface area contributed by atoms with Crippen molar-refractivity contribution in [1.29, 1.82) is 0 Å². The Morgan fingerprint density at radius 1 is 0.938 bits per heavy atom. The number of nitrogens with one attached hydrogen (secondary N) is 1. The van der Waals surface area contributed by atoms with Gasteiger partial charge in [0.05, 0.1) is 18.4 Å². The van der Waals surface area contributed by atoms with Crippen molar-refractivity contribution in [1.82, 2.24) is 0 Å². The number of carbonyl (C=O) groups excluding carboxylic acids is 2. The van der Waals surface area contributed by atoms with Crippen molar-refractivity contribution in [2.75, 3.05) is 17.3 Å². The molecule has 0 aliphatic carbocycles. The molecule has 0 radical (unpaired) electrons. The third-order valence-corrected chi connectivity index (χ3v) is 5.91. The second-order valence-electron chi connectivity index (χ2n) is 7.53. The topological polar surface area (TPSA) is 58.6 Å². The molecule has 3 aromatic carbocycles. The number of ether oxygens (including phenoxy) is 1. The van der Waals surface area contributed by atoms with Crippen molar-refractivity contribution in [3.63, 3.8) is 0 Å². The molecule has 3 aromatic rings. The molecule has 0 bridgehead atoms. The van der Waals surface area contributed by atoms with E-state index in [0.29, 0.717) is 33.3 Å². The number of carbonyl (C=O) groups is 2. The number of hydrogen-bond acceptors (Lipinski definition) is 4. The molecule has 0 fully saturated rings. The van der Waals surface area contributed by atoms with E-state index in [1.807, 2.05) is 31.2 Å². The molecule has 0 atom stereocenters. The first-order valence-electron chi connectivity index (χ1n) is 10.3. The zero-order valence-corrected chi connectivity index (χ0v) is 18.9. The van der Waals surface area contributed by atoms with Crippen LogP contribution < -0.4 is 15.0 Å². The summed E-state index contributed by atoms with van der Waals surface area (Å²) in [6, 6.07) is 19.9. The van der Waals surface area contributed by atoms with Gasteiger partial charge in [-0.1, -0.05) is 48.9 Å². The maximum atomic E-state index is 13.5. The summed E-state index contributed by atoms with van der Waals surface area (Å²) in [4.78, 5) is 28.2. The Bertz CT molecular complexity index is 1210. The summed E-state index contributed by atoms with van der Waals surface area (Å²) in [6.45, 7) is 3.96. The molecule has 1 aliphatic heterocycles. The molecule has 162 valence electrons. The highest BCUT2D eigenvalue weighted by molar-refractivity contribution is 6.46. The number of nitrogens with zero attached hydrogens (tertiary/aromatic N) is 1. The summed E-state index contributed by atoms with van der Waals surface area (Å²) in [7, 11) is 1.58. The highest BCUT2D eigenvalue weighted by Gasteiger charge is 2.40. The highest BCUT2D eigenvalue weighted by Crippen LogP contribution is 2.35. The lowest BCUT2D eigenvalue weighted by molar-refractivity contribution is -0.120. The number of aryl methyl sites for hydroxylation is 2. The van der Waals surface area contributed by atoms with Gasteiger partial charge in [-0.25, -0.2) is 4.90 Å². The molecule has 32 heavy (non-hydrogen) atoms. The van der Waals surface area contributed by atoms with E-state index in [9.17, 15) is 9.59 Å². The molecule has 5 nitrogen and oxygen atoms in total. The summed E-state index contributed by atoms with van der Waals surface area (Å²) in [5, 5.41) is 3.71. The third-order valence-electron chi connectivity index (χ3n) is 5.51. The molecule has 4 rings (SSSR count). The zero-order chi connectivity index (χ0) is 22.8. The minimum Gasteiger partial charge on any atom is -0.497 e. The molecule has 0 saturated carbocycles. The Balaban J connectivity index is 1.79. The molecule has 0 spiro atoms. The summed E-state index contributed by atoms with van der Waals surface area (Å²) in [6.07, 6.45) is 0.874. The number of methoxy groups -OCH3 is 1. The van der Waals surface area contributed by atoms with Crippen LogP contribution in [0.4, 0.5) is 11.4 Å². The number of halogens is 1. The van der Waals surface area contributed by atoms with Crippen LogP contribution in [0.25, 0.3) is 5.57 Å². The van der Waals surface area contributed by atoms with Crippen LogP contribution in [0.15, 0.2) is 72.4 Å². The predicted octanol–water partition coefficient (Wildman–Crippen LogP) is 5.62. The van der Waals surface area contributed by atoms with Gasteiger partial charge in [-0.05, 0) is 66.4 Å². The fourth-order valence-corrected chi connectivity index (χ4v) is 3.78. The molecule has 1 N–H and O–H groups in total. The van der Waals surface area contributed by atoms with Gasteiger partial charge in [-0.15, -0.1) is 0 Å². The van der Waals surface area contributed by atoms with Crippen LogP contribution in [0.5, 0.6) is 5.75 Å². The van der Waals surface area contributed by atoms with Crippen molar-refractivity contribution in [2.24, 2.45) is 0 Å². The van der Waals surface area contributed by atoms with Gasteiger partial charge in [0.15, 0.2) is 0 Å². The van der Waals surface area contributed by atoms with Gasteiger partial charge in [0.1, 0.15) is 11.4 Å². The van der Waals surface area contributed by atoms with Crippen LogP contribution in [0.3, 0.4) is 0 Å². The number of anilines is 2. The fraction of sp³-hybridized carbons (Fsp3) is 0.154. The molecule has 1 heterocycles. The Labute approximate surface area is 192 Å². The Morgan fingerprint density at radius 3 is 2.22 bits per heavy atom. The lowest BCUT2D eigenvalue weighted by Gasteiger charge is -2.16. The van der Waals surface area contributed by atoms with Crippen LogP contribution >= 0.6 is 11.6 Å². The second kappa shape index (κ2) is 8.89. The van der Waals surface area contributed by atoms with Gasteiger partial charge >= 0.3 is 0 Å². The van der Waals surface area contributed by atoms with Gasteiger partial charge in [0, 0.05) is 10.7 Å². The molecule has 1 aliphatic rings. The van der Waals surface area contributed by atoms with E-state index in [1.54, 1.807) is 49.6 Å². The Kier molecular flexibility index (Phi) is 6.01. The van der Waals surface area contributed by atoms with Gasteiger partial charge in [-0.3, -0.25) is 9.59 Å². The quantitative estimate of drug-likeness (QED) is 0.499. The lowest BCUT2D eigenvalue weighted by atomic mass is 10.0. The Morgan fingerprint density at radius 2 is 1.62 bits per heavy atom. The summed E-state index contributed by atoms with van der Waals surface area (Å²) in [5.74, 6) is -0.134. The monoisotopic (exact) mass is 446 g/mol. The van der Waals surface area contributed by atoms with Crippen molar-refractivity contribution in [3.8, 4) is 5.75 Å². The average Bonchev–Trinajstić information content (AvgIpc) is 3.05. The Hall–Kier alpha value is -3.57. The van der Waals surface area contributed by atoms with Crippen molar-refractivity contribution >= 4 is 40.4 Å². The van der Waals surface area contributed by atoms with Crippen LogP contribution in [0, 0.1) is 6.92 Å². The molecular formula is C26H23ClN2O3. The normalized spacial score (nSPS) is 13.7. The maximum absolute atomic E-state index is 13.5. The van der Waals surface area contributed by atoms with E-state index >= 15 is 0 Å². The summed E-state index contributed by atoms with van der Waals surface area (Å²) in [5.41, 5.74) is 4.34. The smallest absolute Gasteiger partial charge is 0.282 e. The third kappa shape index (κ3) is 3.99. The van der Waals surface area contributed by atoms with Crippen LogP contribution in [0.1, 0.15) is 23.6 Å². The molecule has 2 amide bonds. The number of benzene rings is 3. The van der Waals surface area contributed by atoms with Crippen LogP contribution in [0.2, 0.25) is 5.02 Å². The van der Waals surface area contributed by atoms with Gasteiger partial charge in [-0.2, -0.15) is 0 Å².